The summed E-state index contributed by atoms with van der Waals surface area (Å²) in [7, 11) is 1.80. The molecule has 3 rings (SSSR count). The molecule has 0 N–H and O–H groups in total. The van der Waals surface area contributed by atoms with Gasteiger partial charge in [0.1, 0.15) is 11.3 Å². The Morgan fingerprint density at radius 2 is 1.96 bits per heavy atom. The first-order valence-electron chi connectivity index (χ1n) is 7.73. The van der Waals surface area contributed by atoms with Crippen LogP contribution in [0, 0.1) is 0 Å². The largest absolute Gasteiger partial charge is 0.444 e. The second-order valence-corrected chi connectivity index (χ2v) is 7.86. The van der Waals surface area contributed by atoms with Crippen LogP contribution in [0.2, 0.25) is 5.02 Å². The number of carbonyl (C=O) groups excluding carboxylic acids is 2. The summed E-state index contributed by atoms with van der Waals surface area (Å²) in [6.07, 6.45) is 2.31. The molecule has 2 fully saturated rings. The molecule has 1 aromatic rings. The van der Waals surface area contributed by atoms with Gasteiger partial charge in [0.05, 0.1) is 10.6 Å². The van der Waals surface area contributed by atoms with Crippen LogP contribution in [0.3, 0.4) is 0 Å². The Labute approximate surface area is 140 Å². The van der Waals surface area contributed by atoms with Gasteiger partial charge in [-0.05, 0) is 33.3 Å². The van der Waals surface area contributed by atoms with E-state index in [0.717, 1.165) is 6.42 Å². The van der Waals surface area contributed by atoms with Crippen molar-refractivity contribution >= 4 is 23.6 Å². The van der Waals surface area contributed by atoms with Crippen molar-refractivity contribution in [1.29, 1.82) is 0 Å². The summed E-state index contributed by atoms with van der Waals surface area (Å²) < 4.78 is 7.11. The van der Waals surface area contributed by atoms with Crippen LogP contribution in [-0.2, 0) is 11.8 Å². The Morgan fingerprint density at radius 1 is 1.30 bits per heavy atom. The zero-order valence-corrected chi connectivity index (χ0v) is 14.7. The first-order chi connectivity index (χ1) is 10.6. The van der Waals surface area contributed by atoms with Gasteiger partial charge in [-0.3, -0.25) is 4.79 Å². The van der Waals surface area contributed by atoms with Crippen LogP contribution in [-0.4, -0.2) is 57.1 Å². The van der Waals surface area contributed by atoms with Crippen molar-refractivity contribution in [2.24, 2.45) is 7.05 Å². The van der Waals surface area contributed by atoms with Crippen molar-refractivity contribution in [3.63, 3.8) is 0 Å². The van der Waals surface area contributed by atoms with Crippen LogP contribution < -0.4 is 0 Å². The lowest BCUT2D eigenvalue weighted by molar-refractivity contribution is -0.0997. The topological polar surface area (TPSA) is 54.8 Å². The highest BCUT2D eigenvalue weighted by molar-refractivity contribution is 6.31. The highest BCUT2D eigenvalue weighted by Gasteiger charge is 2.57. The van der Waals surface area contributed by atoms with Crippen LogP contribution in [0.1, 0.15) is 37.7 Å². The van der Waals surface area contributed by atoms with Gasteiger partial charge in [-0.2, -0.15) is 0 Å². The number of rotatable bonds is 1. The van der Waals surface area contributed by atoms with E-state index in [4.69, 9.17) is 16.3 Å². The minimum absolute atomic E-state index is 0.0329. The van der Waals surface area contributed by atoms with Crippen molar-refractivity contribution in [1.82, 2.24) is 14.4 Å². The van der Waals surface area contributed by atoms with E-state index >= 15 is 0 Å². The number of hydrogen-bond acceptors (Lipinski definition) is 3. The number of nitrogens with zero attached hydrogens (tertiary/aromatic N) is 3. The Morgan fingerprint density at radius 3 is 2.39 bits per heavy atom. The summed E-state index contributed by atoms with van der Waals surface area (Å²) in [5.74, 6) is -0.0329. The highest BCUT2D eigenvalue weighted by Crippen LogP contribution is 2.40. The van der Waals surface area contributed by atoms with Gasteiger partial charge in [-0.1, -0.05) is 11.6 Å². The summed E-state index contributed by atoms with van der Waals surface area (Å²) >= 11 is 5.96. The van der Waals surface area contributed by atoms with E-state index in [1.165, 1.54) is 0 Å². The van der Waals surface area contributed by atoms with E-state index in [2.05, 4.69) is 0 Å². The summed E-state index contributed by atoms with van der Waals surface area (Å²) in [4.78, 5) is 28.2. The molecule has 23 heavy (non-hydrogen) atoms. The average Bonchev–Trinajstić information content (AvgIpc) is 2.63. The van der Waals surface area contributed by atoms with Crippen LogP contribution >= 0.6 is 11.6 Å². The van der Waals surface area contributed by atoms with Gasteiger partial charge < -0.3 is 19.1 Å². The summed E-state index contributed by atoms with van der Waals surface area (Å²) in [6, 6.07) is 1.68. The molecule has 2 amide bonds. The first kappa shape index (κ1) is 16.2. The van der Waals surface area contributed by atoms with Gasteiger partial charge >= 0.3 is 6.09 Å². The molecule has 1 aromatic heterocycles. The fourth-order valence-electron chi connectivity index (χ4n) is 3.18. The molecule has 0 bridgehead atoms. The number of halogens is 1. The van der Waals surface area contributed by atoms with E-state index in [1.807, 2.05) is 25.7 Å². The molecule has 0 atom stereocenters. The molecule has 7 heteroatoms. The summed E-state index contributed by atoms with van der Waals surface area (Å²) in [6.45, 7) is 7.32. The number of hydrogen-bond donors (Lipinski definition) is 0. The van der Waals surface area contributed by atoms with E-state index in [-0.39, 0.29) is 17.5 Å². The summed E-state index contributed by atoms with van der Waals surface area (Å²) in [5, 5.41) is 0.550. The predicted octanol–water partition coefficient (Wildman–Crippen LogP) is 2.51. The highest BCUT2D eigenvalue weighted by atomic mass is 35.5. The molecule has 2 aliphatic rings. The monoisotopic (exact) mass is 339 g/mol. The van der Waals surface area contributed by atoms with Gasteiger partial charge in [0.25, 0.3) is 5.91 Å². The maximum Gasteiger partial charge on any atom is 0.410 e. The molecule has 3 heterocycles. The Kier molecular flexibility index (Phi) is 3.63. The van der Waals surface area contributed by atoms with Crippen LogP contribution in [0.25, 0.3) is 0 Å². The van der Waals surface area contributed by atoms with Crippen LogP contribution in [0.15, 0.2) is 12.3 Å². The molecule has 0 saturated carbocycles. The van der Waals surface area contributed by atoms with E-state index < -0.39 is 5.60 Å². The van der Waals surface area contributed by atoms with Crippen molar-refractivity contribution in [2.45, 2.75) is 38.3 Å². The van der Waals surface area contributed by atoms with Gasteiger partial charge in [-0.15, -0.1) is 0 Å². The number of ether oxygens (including phenoxy) is 1. The van der Waals surface area contributed by atoms with E-state index in [1.54, 1.807) is 28.8 Å². The van der Waals surface area contributed by atoms with Gasteiger partial charge in [0.2, 0.25) is 0 Å². The number of amides is 2. The standard InChI is InChI=1S/C16H22ClN3O3/c1-15(2,3)23-14(22)19-9-16(10-19)5-6-20(16)13(21)12-7-11(17)8-18(12)4/h7-8H,5-6,9-10H2,1-4H3. The average molecular weight is 340 g/mol. The van der Waals surface area contributed by atoms with Crippen LogP contribution in [0.4, 0.5) is 4.79 Å². The van der Waals surface area contributed by atoms with Gasteiger partial charge in [0.15, 0.2) is 0 Å². The third-order valence-electron chi connectivity index (χ3n) is 4.43. The van der Waals surface area contributed by atoms with E-state index in [0.29, 0.717) is 30.4 Å². The van der Waals surface area contributed by atoms with Crippen LogP contribution in [0.5, 0.6) is 0 Å². The zero-order chi connectivity index (χ0) is 17.0. The molecular weight excluding hydrogens is 318 g/mol. The second kappa shape index (κ2) is 5.16. The third kappa shape index (κ3) is 2.80. The molecule has 2 saturated heterocycles. The minimum atomic E-state index is -0.505. The van der Waals surface area contributed by atoms with Crippen molar-refractivity contribution < 1.29 is 14.3 Å². The zero-order valence-electron chi connectivity index (χ0n) is 13.9. The SMILES string of the molecule is Cn1cc(Cl)cc1C(=O)N1CCC12CN(C(=O)OC(C)(C)C)C2. The Hall–Kier alpha value is -1.69. The molecule has 0 radical (unpaired) electrons. The fourth-order valence-corrected chi connectivity index (χ4v) is 3.43. The van der Waals surface area contributed by atoms with Crippen molar-refractivity contribution in [3.05, 3.63) is 23.0 Å². The Bertz CT molecular complexity index is 656. The molecule has 0 aromatic carbocycles. The molecule has 2 aliphatic heterocycles. The molecule has 126 valence electrons. The first-order valence-corrected chi connectivity index (χ1v) is 8.11. The minimum Gasteiger partial charge on any atom is -0.444 e. The smallest absolute Gasteiger partial charge is 0.410 e. The predicted molar refractivity (Wildman–Crippen MR) is 86.6 cm³/mol. The number of likely N-dealkylation sites (tertiary alicyclic amines) is 2. The quantitative estimate of drug-likeness (QED) is 0.790. The lowest BCUT2D eigenvalue weighted by Gasteiger charge is -2.61. The van der Waals surface area contributed by atoms with Crippen molar-refractivity contribution in [2.75, 3.05) is 19.6 Å². The van der Waals surface area contributed by atoms with Gasteiger partial charge in [-0.25, -0.2) is 4.79 Å². The fraction of sp³-hybridized carbons (Fsp3) is 0.625. The number of carbonyl (C=O) groups is 2. The normalized spacial score (nSPS) is 19.3. The molecular formula is C16H22ClN3O3. The molecule has 1 spiro atoms. The molecule has 0 aliphatic carbocycles. The molecule has 6 nitrogen and oxygen atoms in total. The van der Waals surface area contributed by atoms with Gasteiger partial charge in [0, 0.05) is 32.9 Å². The number of aromatic nitrogens is 1. The maximum absolute atomic E-state index is 12.7. The molecule has 0 unspecified atom stereocenters. The lowest BCUT2D eigenvalue weighted by Crippen LogP contribution is -2.78. The third-order valence-corrected chi connectivity index (χ3v) is 4.64. The summed E-state index contributed by atoms with van der Waals surface area (Å²) in [5.41, 5.74) is -0.163. The Balaban J connectivity index is 1.64. The maximum atomic E-state index is 12.7. The second-order valence-electron chi connectivity index (χ2n) is 7.42. The number of aryl methyl sites for hydroxylation is 1. The van der Waals surface area contributed by atoms with Crippen molar-refractivity contribution in [3.8, 4) is 0 Å². The lowest BCUT2D eigenvalue weighted by atomic mass is 9.77. The van der Waals surface area contributed by atoms with E-state index in [9.17, 15) is 9.59 Å².